The third-order valence-corrected chi connectivity index (χ3v) is 2.25. The molecule has 12 heteroatoms. The highest BCUT2D eigenvalue weighted by Gasteiger charge is 2.81. The van der Waals surface area contributed by atoms with Crippen molar-refractivity contribution in [1.29, 1.82) is 0 Å². The summed E-state index contributed by atoms with van der Waals surface area (Å²) in [6.07, 6.45) is -6.14. The van der Waals surface area contributed by atoms with E-state index in [1.807, 2.05) is 0 Å². The molecule has 1 rings (SSSR count). The number of ether oxygens (including phenoxy) is 2. The minimum Gasteiger partial charge on any atom is -0.403 e. The van der Waals surface area contributed by atoms with Gasteiger partial charge in [0.05, 0.1) is 0 Å². The Bertz CT molecular complexity index is 362. The second kappa shape index (κ2) is 3.71. The van der Waals surface area contributed by atoms with Gasteiger partial charge in [-0.05, 0) is 15.9 Å². The summed E-state index contributed by atoms with van der Waals surface area (Å²) < 4.78 is 93.6. The Morgan fingerprint density at radius 3 is 1.50 bits per heavy atom. The van der Waals surface area contributed by atoms with Crippen LogP contribution in [0.15, 0.2) is 0 Å². The molecule has 1 heterocycles. The monoisotopic (exact) mass is 348 g/mol. The van der Waals surface area contributed by atoms with Gasteiger partial charge in [0.25, 0.3) is 0 Å². The van der Waals surface area contributed by atoms with E-state index in [1.165, 1.54) is 15.9 Å². The van der Waals surface area contributed by atoms with E-state index < -0.39 is 34.7 Å². The van der Waals surface area contributed by atoms with Gasteiger partial charge in [-0.25, -0.2) is 9.59 Å². The van der Waals surface area contributed by atoms with E-state index in [2.05, 4.69) is 9.47 Å². The Morgan fingerprint density at radius 2 is 1.28 bits per heavy atom. The van der Waals surface area contributed by atoms with Crippen LogP contribution in [0.4, 0.5) is 30.7 Å². The summed E-state index contributed by atoms with van der Waals surface area (Å²) in [7, 11) is 0. The Kier molecular flexibility index (Phi) is 3.09. The lowest BCUT2D eigenvalue weighted by Gasteiger charge is -2.40. The lowest BCUT2D eigenvalue weighted by atomic mass is 10.2. The highest BCUT2D eigenvalue weighted by Crippen LogP contribution is 2.52. The van der Waals surface area contributed by atoms with Gasteiger partial charge in [0.15, 0.2) is 0 Å². The van der Waals surface area contributed by atoms with Crippen molar-refractivity contribution in [3.05, 3.63) is 0 Å². The molecule has 0 radical (unpaired) electrons. The standard InChI is InChI=1S/C6BrF7O4/c7-5(10,11)4(6(12,13)14)17-1(15)3(8,9)2(16)18-4. The second-order valence-electron chi connectivity index (χ2n) is 2.97. The maximum Gasteiger partial charge on any atom is 0.476 e. The van der Waals surface area contributed by atoms with E-state index in [1.54, 1.807) is 0 Å². The zero-order chi connectivity index (χ0) is 14.6. The van der Waals surface area contributed by atoms with Gasteiger partial charge in [-0.15, -0.1) is 0 Å². The Labute approximate surface area is 101 Å². The first-order valence-corrected chi connectivity index (χ1v) is 4.53. The van der Waals surface area contributed by atoms with E-state index >= 15 is 0 Å². The molecule has 0 aromatic heterocycles. The molecular weight excluding hydrogens is 349 g/mol. The SMILES string of the molecule is O=C1OC(C(F)(F)F)(C(F)(F)Br)OC(=O)C1(F)F. The van der Waals surface area contributed by atoms with Gasteiger partial charge in [0, 0.05) is 0 Å². The van der Waals surface area contributed by atoms with E-state index in [-0.39, 0.29) is 0 Å². The summed E-state index contributed by atoms with van der Waals surface area (Å²) in [6, 6.07) is 0. The topological polar surface area (TPSA) is 52.6 Å². The van der Waals surface area contributed by atoms with Crippen molar-refractivity contribution >= 4 is 27.9 Å². The fourth-order valence-electron chi connectivity index (χ4n) is 0.886. The summed E-state index contributed by atoms with van der Waals surface area (Å²) in [4.78, 5) is 15.9. The summed E-state index contributed by atoms with van der Waals surface area (Å²) in [5.41, 5.74) is 0. The molecule has 0 unspecified atom stereocenters. The van der Waals surface area contributed by atoms with Gasteiger partial charge in [-0.3, -0.25) is 0 Å². The maximum atomic E-state index is 12.8. The molecule has 0 atom stereocenters. The number of esters is 2. The zero-order valence-corrected chi connectivity index (χ0v) is 9.24. The number of carbonyl (C=O) groups is 2. The number of cyclic esters (lactones) is 2. The van der Waals surface area contributed by atoms with Crippen molar-refractivity contribution in [3.63, 3.8) is 0 Å². The van der Waals surface area contributed by atoms with Gasteiger partial charge in [0.2, 0.25) is 0 Å². The molecule has 0 amide bonds. The number of hydrogen-bond donors (Lipinski definition) is 0. The number of hydrogen-bond acceptors (Lipinski definition) is 4. The molecule has 0 N–H and O–H groups in total. The van der Waals surface area contributed by atoms with Crippen molar-refractivity contribution in [3.8, 4) is 0 Å². The van der Waals surface area contributed by atoms with Crippen molar-refractivity contribution in [2.24, 2.45) is 0 Å². The smallest absolute Gasteiger partial charge is 0.403 e. The Morgan fingerprint density at radius 1 is 0.944 bits per heavy atom. The molecule has 1 fully saturated rings. The first-order valence-electron chi connectivity index (χ1n) is 3.74. The normalized spacial score (nSPS) is 23.3. The number of alkyl halides is 8. The molecule has 104 valence electrons. The predicted molar refractivity (Wildman–Crippen MR) is 39.8 cm³/mol. The van der Waals surface area contributed by atoms with Crippen LogP contribution in [0.25, 0.3) is 0 Å². The zero-order valence-electron chi connectivity index (χ0n) is 7.66. The second-order valence-corrected chi connectivity index (χ2v) is 3.96. The Hall–Kier alpha value is -1.07. The lowest BCUT2D eigenvalue weighted by Crippen LogP contribution is -2.68. The fourth-order valence-corrected chi connectivity index (χ4v) is 1.27. The number of halogens is 8. The molecule has 18 heavy (non-hydrogen) atoms. The quantitative estimate of drug-likeness (QED) is 0.314. The predicted octanol–water partition coefficient (Wildman–Crippen LogP) is 1.97. The van der Waals surface area contributed by atoms with Crippen LogP contribution in [0, 0.1) is 0 Å². The molecule has 0 saturated carbocycles. The molecule has 0 bridgehead atoms. The Balaban J connectivity index is 3.36. The van der Waals surface area contributed by atoms with Crippen LogP contribution >= 0.6 is 15.9 Å². The van der Waals surface area contributed by atoms with Crippen molar-refractivity contribution in [2.75, 3.05) is 0 Å². The molecule has 1 saturated heterocycles. The first-order chi connectivity index (χ1) is 7.76. The summed E-state index contributed by atoms with van der Waals surface area (Å²) in [5, 5.41) is 0. The summed E-state index contributed by atoms with van der Waals surface area (Å²) >= 11 is 1.17. The molecule has 4 nitrogen and oxygen atoms in total. The van der Waals surface area contributed by atoms with Crippen LogP contribution in [0.2, 0.25) is 0 Å². The lowest BCUT2D eigenvalue weighted by molar-refractivity contribution is -0.410. The van der Waals surface area contributed by atoms with Gasteiger partial charge < -0.3 is 9.47 Å². The first kappa shape index (κ1) is 15.0. The van der Waals surface area contributed by atoms with E-state index in [4.69, 9.17) is 0 Å². The highest BCUT2D eigenvalue weighted by atomic mass is 79.9. The molecule has 1 aliphatic heterocycles. The van der Waals surface area contributed by atoms with Gasteiger partial charge in [-0.2, -0.15) is 30.7 Å². The van der Waals surface area contributed by atoms with E-state index in [0.29, 0.717) is 0 Å². The van der Waals surface area contributed by atoms with E-state index in [0.717, 1.165) is 0 Å². The number of carbonyl (C=O) groups excluding carboxylic acids is 2. The molecule has 0 aromatic carbocycles. The van der Waals surface area contributed by atoms with Crippen molar-refractivity contribution < 1.29 is 49.8 Å². The fraction of sp³-hybridized carbons (Fsp3) is 0.667. The van der Waals surface area contributed by atoms with Crippen molar-refractivity contribution in [2.45, 2.75) is 22.7 Å². The molecule has 0 spiro atoms. The summed E-state index contributed by atoms with van der Waals surface area (Å²) in [6.45, 7) is 0. The number of rotatable bonds is 1. The van der Waals surface area contributed by atoms with E-state index in [9.17, 15) is 40.3 Å². The third-order valence-electron chi connectivity index (χ3n) is 1.73. The van der Waals surface area contributed by atoms with Crippen LogP contribution in [-0.2, 0) is 19.1 Å². The van der Waals surface area contributed by atoms with Gasteiger partial charge in [0.1, 0.15) is 0 Å². The van der Waals surface area contributed by atoms with Crippen LogP contribution in [0.1, 0.15) is 0 Å². The highest BCUT2D eigenvalue weighted by molar-refractivity contribution is 9.10. The van der Waals surface area contributed by atoms with Crippen LogP contribution in [0.5, 0.6) is 0 Å². The van der Waals surface area contributed by atoms with Crippen LogP contribution in [0.3, 0.4) is 0 Å². The minimum atomic E-state index is -6.14. The van der Waals surface area contributed by atoms with Gasteiger partial charge in [-0.1, -0.05) is 0 Å². The largest absolute Gasteiger partial charge is 0.476 e. The summed E-state index contributed by atoms with van der Waals surface area (Å²) in [5.74, 6) is -16.4. The van der Waals surface area contributed by atoms with Crippen LogP contribution < -0.4 is 0 Å². The molecule has 1 aliphatic rings. The van der Waals surface area contributed by atoms with Crippen LogP contribution in [-0.4, -0.2) is 34.7 Å². The average Bonchev–Trinajstić information content (AvgIpc) is 2.10. The minimum absolute atomic E-state index is 1.17. The maximum absolute atomic E-state index is 12.8. The molecule has 0 aromatic rings. The van der Waals surface area contributed by atoms with Crippen molar-refractivity contribution in [1.82, 2.24) is 0 Å². The molecule has 0 aliphatic carbocycles. The molecular formula is C6BrF7O4. The third kappa shape index (κ3) is 1.91. The average molecular weight is 349 g/mol. The van der Waals surface area contributed by atoms with Gasteiger partial charge >= 0.3 is 34.7 Å².